The van der Waals surface area contributed by atoms with E-state index in [1.807, 2.05) is 37.3 Å². The molecule has 3 aliphatic rings. The van der Waals surface area contributed by atoms with Gasteiger partial charge in [-0.2, -0.15) is 10.2 Å². The van der Waals surface area contributed by atoms with Crippen LogP contribution in [0.4, 0.5) is 5.82 Å². The Morgan fingerprint density at radius 2 is 1.97 bits per heavy atom. The summed E-state index contributed by atoms with van der Waals surface area (Å²) in [5.41, 5.74) is 8.42. The minimum Gasteiger partial charge on any atom is -0.438 e. The number of amides is 1. The second-order valence-corrected chi connectivity index (χ2v) is 8.72. The maximum absolute atomic E-state index is 11.9. The van der Waals surface area contributed by atoms with Crippen molar-refractivity contribution in [2.24, 2.45) is 11.7 Å². The Morgan fingerprint density at radius 1 is 1.22 bits per heavy atom. The molecule has 3 heterocycles. The van der Waals surface area contributed by atoms with Crippen molar-refractivity contribution < 1.29 is 9.53 Å². The number of hydrogen-bond donors (Lipinski definition) is 1. The van der Waals surface area contributed by atoms with Crippen LogP contribution in [0.1, 0.15) is 28.8 Å². The summed E-state index contributed by atoms with van der Waals surface area (Å²) in [5, 5.41) is 9.50. The molecule has 2 aromatic rings. The molecule has 2 aliphatic heterocycles. The van der Waals surface area contributed by atoms with Gasteiger partial charge in [-0.1, -0.05) is 30.4 Å². The van der Waals surface area contributed by atoms with Crippen molar-refractivity contribution in [2.45, 2.75) is 31.8 Å². The number of nitriles is 1. The second kappa shape index (κ2) is 7.72. The molecule has 2 N–H and O–H groups in total. The zero-order valence-corrected chi connectivity index (χ0v) is 18.0. The fourth-order valence-corrected chi connectivity index (χ4v) is 4.25. The van der Waals surface area contributed by atoms with E-state index < -0.39 is 5.91 Å². The van der Waals surface area contributed by atoms with E-state index in [1.165, 1.54) is 0 Å². The van der Waals surface area contributed by atoms with E-state index in [4.69, 9.17) is 10.5 Å². The molecule has 7 heteroatoms. The highest BCUT2D eigenvalue weighted by atomic mass is 16.5. The molecule has 1 saturated carbocycles. The summed E-state index contributed by atoms with van der Waals surface area (Å²) >= 11 is 0. The van der Waals surface area contributed by atoms with Crippen molar-refractivity contribution >= 4 is 11.7 Å². The van der Waals surface area contributed by atoms with Gasteiger partial charge in [-0.25, -0.2) is 0 Å². The number of pyridine rings is 1. The van der Waals surface area contributed by atoms with Gasteiger partial charge in [0.05, 0.1) is 17.7 Å². The Bertz CT molecular complexity index is 1160. The van der Waals surface area contributed by atoms with Crippen molar-refractivity contribution in [1.82, 2.24) is 9.88 Å². The van der Waals surface area contributed by atoms with Crippen LogP contribution < -0.4 is 15.4 Å². The third-order valence-electron chi connectivity index (χ3n) is 6.46. The van der Waals surface area contributed by atoms with Crippen LogP contribution in [0.15, 0.2) is 60.3 Å². The first kappa shape index (κ1) is 20.1. The molecule has 5 rings (SSSR count). The number of rotatable bonds is 7. The molecule has 32 heavy (non-hydrogen) atoms. The number of ether oxygens (including phenoxy) is 1. The number of benzene rings is 1. The summed E-state index contributed by atoms with van der Waals surface area (Å²) in [7, 11) is 0. The van der Waals surface area contributed by atoms with E-state index in [2.05, 4.69) is 33.5 Å². The summed E-state index contributed by atoms with van der Waals surface area (Å²) < 4.78 is 5.91. The molecular weight excluding hydrogens is 402 g/mol. The van der Waals surface area contributed by atoms with E-state index in [0.717, 1.165) is 43.0 Å². The minimum atomic E-state index is -0.578. The van der Waals surface area contributed by atoms with Crippen molar-refractivity contribution in [3.8, 4) is 17.7 Å². The predicted molar refractivity (Wildman–Crippen MR) is 121 cm³/mol. The molecule has 3 fully saturated rings. The smallest absolute Gasteiger partial charge is 0.254 e. The van der Waals surface area contributed by atoms with Crippen LogP contribution >= 0.6 is 0 Å². The number of carbonyl (C=O) groups is 1. The van der Waals surface area contributed by atoms with E-state index in [9.17, 15) is 10.1 Å². The zero-order valence-electron chi connectivity index (χ0n) is 18.0. The maximum Gasteiger partial charge on any atom is 0.254 e. The fraction of sp³-hybridized carbons (Fsp3) is 0.320. The van der Waals surface area contributed by atoms with E-state index in [0.29, 0.717) is 29.3 Å². The fourth-order valence-electron chi connectivity index (χ4n) is 4.25. The third-order valence-corrected chi connectivity index (χ3v) is 6.46. The van der Waals surface area contributed by atoms with Gasteiger partial charge in [0, 0.05) is 18.8 Å². The van der Waals surface area contributed by atoms with Gasteiger partial charge >= 0.3 is 0 Å². The number of nitrogens with zero attached hydrogens (tertiary/aromatic N) is 4. The Morgan fingerprint density at radius 3 is 2.56 bits per heavy atom. The number of aryl methyl sites for hydroxylation is 1. The number of piperazine rings is 1. The van der Waals surface area contributed by atoms with Crippen LogP contribution in [0.25, 0.3) is 0 Å². The van der Waals surface area contributed by atoms with Gasteiger partial charge in [-0.05, 0) is 49.9 Å². The number of anilines is 1. The van der Waals surface area contributed by atoms with Crippen LogP contribution in [0.2, 0.25) is 0 Å². The first-order chi connectivity index (χ1) is 15.4. The molecule has 1 aliphatic carbocycles. The summed E-state index contributed by atoms with van der Waals surface area (Å²) in [4.78, 5) is 20.9. The number of primary amides is 1. The topological polar surface area (TPSA) is 95.5 Å². The SMILES string of the molecule is C=C(/C(C#N)=C/C1CC1)N1C[C@@H]2C1CN2c1ccc(C(N)=O)c(Oc2ccc(C)cc2)n1. The van der Waals surface area contributed by atoms with Gasteiger partial charge in [-0.15, -0.1) is 0 Å². The summed E-state index contributed by atoms with van der Waals surface area (Å²) in [5.74, 6) is 1.52. The first-order valence-electron chi connectivity index (χ1n) is 10.8. The molecule has 1 aromatic carbocycles. The number of carbonyl (C=O) groups excluding carboxylic acids is 1. The lowest BCUT2D eigenvalue weighted by atomic mass is 9.84. The quantitative estimate of drug-likeness (QED) is 0.537. The highest BCUT2D eigenvalue weighted by Crippen LogP contribution is 2.41. The second-order valence-electron chi connectivity index (χ2n) is 8.72. The molecule has 0 radical (unpaired) electrons. The zero-order chi connectivity index (χ0) is 22.4. The third kappa shape index (κ3) is 3.58. The molecule has 1 aromatic heterocycles. The minimum absolute atomic E-state index is 0.210. The highest BCUT2D eigenvalue weighted by Gasteiger charge is 2.52. The number of hydrogen-bond acceptors (Lipinski definition) is 6. The van der Waals surface area contributed by atoms with E-state index in [-0.39, 0.29) is 11.4 Å². The molecule has 0 spiro atoms. The van der Waals surface area contributed by atoms with Gasteiger partial charge in [0.25, 0.3) is 5.91 Å². The summed E-state index contributed by atoms with van der Waals surface area (Å²) in [6, 6.07) is 14.0. The molecular formula is C25H25N5O2. The largest absolute Gasteiger partial charge is 0.438 e. The van der Waals surface area contributed by atoms with Crippen molar-refractivity contribution in [2.75, 3.05) is 18.0 Å². The average Bonchev–Trinajstić information content (AvgIpc) is 3.58. The Hall–Kier alpha value is -3.79. The van der Waals surface area contributed by atoms with Gasteiger partial charge in [0.1, 0.15) is 23.2 Å². The van der Waals surface area contributed by atoms with Crippen molar-refractivity contribution in [1.29, 1.82) is 5.26 Å². The number of allylic oxidation sites excluding steroid dienone is 2. The lowest BCUT2D eigenvalue weighted by Crippen LogP contribution is -2.78. The Balaban J connectivity index is 1.30. The average molecular weight is 428 g/mol. The van der Waals surface area contributed by atoms with Crippen LogP contribution in [-0.2, 0) is 0 Å². The van der Waals surface area contributed by atoms with Crippen LogP contribution in [-0.4, -0.2) is 41.0 Å². The number of aromatic nitrogens is 1. The molecule has 2 atom stereocenters. The summed E-state index contributed by atoms with van der Waals surface area (Å²) in [6.45, 7) is 7.74. The van der Waals surface area contributed by atoms with E-state index >= 15 is 0 Å². The maximum atomic E-state index is 11.9. The van der Waals surface area contributed by atoms with Crippen LogP contribution in [0.3, 0.4) is 0 Å². The molecule has 2 saturated heterocycles. The van der Waals surface area contributed by atoms with Gasteiger partial charge < -0.3 is 20.3 Å². The molecule has 1 unspecified atom stereocenters. The van der Waals surface area contributed by atoms with Gasteiger partial charge in [0.2, 0.25) is 5.88 Å². The van der Waals surface area contributed by atoms with Crippen LogP contribution in [0, 0.1) is 24.2 Å². The monoisotopic (exact) mass is 427 g/mol. The Labute approximate surface area is 187 Å². The first-order valence-corrected chi connectivity index (χ1v) is 10.8. The van der Waals surface area contributed by atoms with Crippen LogP contribution in [0.5, 0.6) is 11.6 Å². The normalized spacial score (nSPS) is 21.7. The molecule has 0 bridgehead atoms. The molecule has 162 valence electrons. The highest BCUT2D eigenvalue weighted by molar-refractivity contribution is 5.95. The summed E-state index contributed by atoms with van der Waals surface area (Å²) in [6.07, 6.45) is 4.39. The standard InChI is InChI=1S/C25H25N5O2/c1-15-3-7-19(8-4-15)32-25-20(24(27)31)9-10-23(28-25)30-14-21-22(30)13-29(21)16(2)18(12-26)11-17-5-6-17/h3-4,7-11,17,21-22H,2,5-6,13-14H2,1H3,(H2,27,31)/b18-11+/t21?,22-/m1/s1. The van der Waals surface area contributed by atoms with Gasteiger partial charge in [0.15, 0.2) is 0 Å². The Kier molecular flexibility index (Phi) is 4.86. The molecule has 7 nitrogen and oxygen atoms in total. The predicted octanol–water partition coefficient (Wildman–Crippen LogP) is 3.53. The lowest BCUT2D eigenvalue weighted by molar-refractivity contribution is 0.0471. The van der Waals surface area contributed by atoms with Crippen molar-refractivity contribution in [3.05, 3.63) is 71.5 Å². The van der Waals surface area contributed by atoms with Crippen molar-refractivity contribution in [3.63, 3.8) is 0 Å². The lowest BCUT2D eigenvalue weighted by Gasteiger charge is -2.63. The number of nitrogens with two attached hydrogens (primary N) is 1. The van der Waals surface area contributed by atoms with E-state index in [1.54, 1.807) is 6.07 Å². The molecule has 1 amide bonds. The number of likely N-dealkylation sites (tertiary alicyclic amines) is 1. The number of fused-ring (bicyclic) bond motifs is 1. The van der Waals surface area contributed by atoms with Gasteiger partial charge in [-0.3, -0.25) is 4.79 Å².